The number of hydrogen-bond acceptors (Lipinski definition) is 6. The van der Waals surface area contributed by atoms with Crippen molar-refractivity contribution < 1.29 is 28.6 Å². The normalized spacial score (nSPS) is 12.5. The van der Waals surface area contributed by atoms with Crippen LogP contribution in [0.5, 0.6) is 0 Å². The van der Waals surface area contributed by atoms with Crippen molar-refractivity contribution in [3.8, 4) is 0 Å². The van der Waals surface area contributed by atoms with Gasteiger partial charge in [0.2, 0.25) is 0 Å². The van der Waals surface area contributed by atoms with Crippen molar-refractivity contribution in [1.29, 1.82) is 0 Å². The smallest absolute Gasteiger partial charge is 0.306 e. The van der Waals surface area contributed by atoms with Crippen LogP contribution < -0.4 is 0 Å². The first-order valence-corrected chi connectivity index (χ1v) is 27.8. The summed E-state index contributed by atoms with van der Waals surface area (Å²) in [5.41, 5.74) is 0. The molecule has 0 bridgehead atoms. The summed E-state index contributed by atoms with van der Waals surface area (Å²) in [5.74, 6) is -0.903. The first-order chi connectivity index (χ1) is 32.0. The van der Waals surface area contributed by atoms with Gasteiger partial charge < -0.3 is 14.2 Å². The third-order valence-electron chi connectivity index (χ3n) is 12.0. The number of allylic oxidation sites excluding steroid dienone is 10. The van der Waals surface area contributed by atoms with Crippen LogP contribution in [0.3, 0.4) is 0 Å². The lowest BCUT2D eigenvalue weighted by molar-refractivity contribution is -0.167. The van der Waals surface area contributed by atoms with Gasteiger partial charge in [-0.25, -0.2) is 0 Å². The Balaban J connectivity index is 4.40. The fourth-order valence-electron chi connectivity index (χ4n) is 7.88. The van der Waals surface area contributed by atoms with E-state index in [0.717, 1.165) is 96.3 Å². The number of carbonyl (C=O) groups excluding carboxylic acids is 3. The average molecular weight is 909 g/mol. The molecular formula is C59H104O6. The first kappa shape index (κ1) is 62.1. The van der Waals surface area contributed by atoms with E-state index < -0.39 is 6.10 Å². The minimum atomic E-state index is -0.784. The molecule has 0 heterocycles. The summed E-state index contributed by atoms with van der Waals surface area (Å²) in [4.78, 5) is 38.1. The average Bonchev–Trinajstić information content (AvgIpc) is 3.30. The molecule has 0 saturated heterocycles. The maximum Gasteiger partial charge on any atom is 0.306 e. The maximum atomic E-state index is 12.8. The minimum Gasteiger partial charge on any atom is -0.462 e. The Bertz CT molecular complexity index is 1180. The minimum absolute atomic E-state index is 0.0810. The Morgan fingerprint density at radius 2 is 0.600 bits per heavy atom. The second kappa shape index (κ2) is 53.7. The van der Waals surface area contributed by atoms with Gasteiger partial charge in [-0.1, -0.05) is 255 Å². The molecule has 1 unspecified atom stereocenters. The molecule has 6 nitrogen and oxygen atoms in total. The Labute approximate surface area is 402 Å². The number of ether oxygens (including phenoxy) is 3. The molecule has 0 aliphatic heterocycles. The SMILES string of the molecule is CC/C=C\C/C=C\C/C=C\C/C=C\C/C=C\CCCCCC(=O)OCC(COC(=O)CCCCCCCCCCCCCC)OC(=O)CCCCCCCCCCCCCCCCCC. The van der Waals surface area contributed by atoms with Gasteiger partial charge in [0.25, 0.3) is 0 Å². The van der Waals surface area contributed by atoms with Gasteiger partial charge in [-0.15, -0.1) is 0 Å². The highest BCUT2D eigenvalue weighted by Crippen LogP contribution is 2.16. The fraction of sp³-hybridized carbons (Fsp3) is 0.780. The topological polar surface area (TPSA) is 78.9 Å². The number of carbonyl (C=O) groups is 3. The van der Waals surface area contributed by atoms with Gasteiger partial charge in [-0.05, 0) is 64.2 Å². The summed E-state index contributed by atoms with van der Waals surface area (Å²) in [7, 11) is 0. The van der Waals surface area contributed by atoms with E-state index >= 15 is 0 Å². The Kier molecular flexibility index (Phi) is 51.3. The van der Waals surface area contributed by atoms with Gasteiger partial charge >= 0.3 is 17.9 Å². The number of rotatable bonds is 50. The maximum absolute atomic E-state index is 12.8. The van der Waals surface area contributed by atoms with Crippen LogP contribution in [0.2, 0.25) is 0 Å². The van der Waals surface area contributed by atoms with Crippen molar-refractivity contribution in [2.45, 2.75) is 284 Å². The van der Waals surface area contributed by atoms with Gasteiger partial charge in [-0.3, -0.25) is 14.4 Å². The van der Waals surface area contributed by atoms with Gasteiger partial charge in [-0.2, -0.15) is 0 Å². The number of unbranched alkanes of at least 4 members (excludes halogenated alkanes) is 29. The lowest BCUT2D eigenvalue weighted by Crippen LogP contribution is -2.30. The highest BCUT2D eigenvalue weighted by atomic mass is 16.6. The first-order valence-electron chi connectivity index (χ1n) is 27.8. The Morgan fingerprint density at radius 1 is 0.323 bits per heavy atom. The van der Waals surface area contributed by atoms with Gasteiger partial charge in [0.05, 0.1) is 0 Å². The van der Waals surface area contributed by atoms with E-state index in [2.05, 4.69) is 81.5 Å². The molecule has 1 atom stereocenters. The van der Waals surface area contributed by atoms with Crippen molar-refractivity contribution in [3.05, 3.63) is 60.8 Å². The van der Waals surface area contributed by atoms with Crippen molar-refractivity contribution in [1.82, 2.24) is 0 Å². The third-order valence-corrected chi connectivity index (χ3v) is 12.0. The van der Waals surface area contributed by atoms with Crippen LogP contribution in [-0.2, 0) is 28.6 Å². The lowest BCUT2D eigenvalue weighted by atomic mass is 10.0. The largest absolute Gasteiger partial charge is 0.462 e. The Hall–Kier alpha value is -2.89. The van der Waals surface area contributed by atoms with Crippen LogP contribution in [0.25, 0.3) is 0 Å². The van der Waals surface area contributed by atoms with Crippen LogP contribution in [0, 0.1) is 0 Å². The molecule has 0 N–H and O–H groups in total. The summed E-state index contributed by atoms with van der Waals surface area (Å²) < 4.78 is 16.8. The number of hydrogen-bond donors (Lipinski definition) is 0. The van der Waals surface area contributed by atoms with Crippen LogP contribution in [0.4, 0.5) is 0 Å². The van der Waals surface area contributed by atoms with Gasteiger partial charge in [0, 0.05) is 19.3 Å². The summed E-state index contributed by atoms with van der Waals surface area (Å²) in [6.45, 7) is 6.52. The monoisotopic (exact) mass is 909 g/mol. The highest BCUT2D eigenvalue weighted by molar-refractivity contribution is 5.71. The highest BCUT2D eigenvalue weighted by Gasteiger charge is 2.19. The van der Waals surface area contributed by atoms with E-state index in [0.29, 0.717) is 19.3 Å². The van der Waals surface area contributed by atoms with E-state index in [9.17, 15) is 14.4 Å². The molecule has 0 aliphatic carbocycles. The van der Waals surface area contributed by atoms with Gasteiger partial charge in [0.15, 0.2) is 6.10 Å². The lowest BCUT2D eigenvalue weighted by Gasteiger charge is -2.18. The zero-order valence-electron chi connectivity index (χ0n) is 43.0. The van der Waals surface area contributed by atoms with Crippen LogP contribution in [0.15, 0.2) is 60.8 Å². The fourth-order valence-corrected chi connectivity index (χ4v) is 7.88. The standard InChI is InChI=1S/C59H104O6/c1-4-7-10-13-16-19-22-25-27-29-30-31-33-34-37-40-43-46-49-52-58(61)64-55-56(54-63-57(60)51-48-45-42-39-36-24-21-18-15-12-9-6-3)65-59(62)53-50-47-44-41-38-35-32-28-26-23-20-17-14-11-8-5-2/h7,10,16,19,25,27,30-31,34,37,56H,4-6,8-9,11-15,17-18,20-24,26,28-29,32-33,35-36,38-55H2,1-3H3/b10-7-,19-16-,27-25-,31-30-,37-34-. The van der Waals surface area contributed by atoms with Crippen LogP contribution in [0.1, 0.15) is 278 Å². The molecule has 0 aromatic rings. The molecule has 0 radical (unpaired) electrons. The van der Waals surface area contributed by atoms with Crippen molar-refractivity contribution in [2.75, 3.05) is 13.2 Å². The van der Waals surface area contributed by atoms with Crippen molar-refractivity contribution in [3.63, 3.8) is 0 Å². The molecule has 376 valence electrons. The molecule has 6 heteroatoms. The second-order valence-corrected chi connectivity index (χ2v) is 18.5. The zero-order valence-corrected chi connectivity index (χ0v) is 43.0. The van der Waals surface area contributed by atoms with E-state index in [1.807, 2.05) is 0 Å². The molecule has 65 heavy (non-hydrogen) atoms. The molecule has 0 aliphatic rings. The molecule has 0 rings (SSSR count). The van der Waals surface area contributed by atoms with Crippen LogP contribution in [-0.4, -0.2) is 37.2 Å². The predicted octanol–water partition coefficient (Wildman–Crippen LogP) is 18.4. The second-order valence-electron chi connectivity index (χ2n) is 18.5. The van der Waals surface area contributed by atoms with E-state index in [-0.39, 0.29) is 31.1 Å². The molecule has 0 spiro atoms. The zero-order chi connectivity index (χ0) is 47.2. The van der Waals surface area contributed by atoms with Crippen molar-refractivity contribution >= 4 is 17.9 Å². The van der Waals surface area contributed by atoms with E-state index in [1.54, 1.807) is 0 Å². The van der Waals surface area contributed by atoms with Crippen molar-refractivity contribution in [2.24, 2.45) is 0 Å². The molecular weight excluding hydrogens is 805 g/mol. The molecule has 0 fully saturated rings. The molecule has 0 aromatic heterocycles. The summed E-state index contributed by atoms with van der Waals surface area (Å²) in [5, 5.41) is 0. The predicted molar refractivity (Wildman–Crippen MR) is 279 cm³/mol. The molecule has 0 aromatic carbocycles. The molecule has 0 amide bonds. The summed E-state index contributed by atoms with van der Waals surface area (Å²) in [6.07, 6.45) is 66.3. The third kappa shape index (κ3) is 51.9. The van der Waals surface area contributed by atoms with E-state index in [4.69, 9.17) is 14.2 Å². The van der Waals surface area contributed by atoms with Gasteiger partial charge in [0.1, 0.15) is 13.2 Å². The summed E-state index contributed by atoms with van der Waals surface area (Å²) in [6, 6.07) is 0. The summed E-state index contributed by atoms with van der Waals surface area (Å²) >= 11 is 0. The Morgan fingerprint density at radius 3 is 0.938 bits per heavy atom. The van der Waals surface area contributed by atoms with Crippen LogP contribution >= 0.6 is 0 Å². The van der Waals surface area contributed by atoms with E-state index in [1.165, 1.54) is 141 Å². The molecule has 0 saturated carbocycles. The number of esters is 3. The quantitative estimate of drug-likeness (QED) is 0.0262.